The molecule has 0 fully saturated rings. The Labute approximate surface area is 107 Å². The van der Waals surface area contributed by atoms with Crippen LogP contribution in [0.2, 0.25) is 5.02 Å². The van der Waals surface area contributed by atoms with Crippen LogP contribution in [0.4, 0.5) is 5.69 Å². The number of carbonyl (C=O) groups is 1. The van der Waals surface area contributed by atoms with E-state index in [9.17, 15) is 4.79 Å². The summed E-state index contributed by atoms with van der Waals surface area (Å²) in [5.74, 6) is -0.190. The van der Waals surface area contributed by atoms with Gasteiger partial charge in [-0.2, -0.15) is 0 Å². The zero-order valence-corrected chi connectivity index (χ0v) is 10.6. The quantitative estimate of drug-likeness (QED) is 0.877. The molecule has 0 aromatic heterocycles. The molecule has 1 amide bonds. The first-order valence-corrected chi connectivity index (χ1v) is 5.34. The minimum absolute atomic E-state index is 0. The predicted octanol–water partition coefficient (Wildman–Crippen LogP) is 2.83. The molecule has 3 N–H and O–H groups in total. The normalized spacial score (nSPS) is 11.4. The molecular weight excluding hydrogens is 247 g/mol. The molecule has 0 aliphatic rings. The maximum Gasteiger partial charge on any atom is 0.241 e. The molecule has 5 heteroatoms. The van der Waals surface area contributed by atoms with E-state index in [0.29, 0.717) is 17.1 Å². The van der Waals surface area contributed by atoms with Crippen molar-refractivity contribution in [3.05, 3.63) is 29.3 Å². The number of nitrogens with one attached hydrogen (secondary N) is 1. The minimum Gasteiger partial charge on any atom is -0.323 e. The number of amides is 1. The van der Waals surface area contributed by atoms with Crippen LogP contribution in [0.1, 0.15) is 19.8 Å². The van der Waals surface area contributed by atoms with Crippen LogP contribution in [0.15, 0.2) is 24.3 Å². The van der Waals surface area contributed by atoms with Crippen molar-refractivity contribution < 1.29 is 4.79 Å². The molecule has 3 nitrogen and oxygen atoms in total. The van der Waals surface area contributed by atoms with Crippen LogP contribution >= 0.6 is 24.0 Å². The summed E-state index contributed by atoms with van der Waals surface area (Å²) in [7, 11) is 0. The van der Waals surface area contributed by atoms with E-state index in [1.807, 2.05) is 19.1 Å². The van der Waals surface area contributed by atoms with Crippen LogP contribution in [0.3, 0.4) is 0 Å². The van der Waals surface area contributed by atoms with E-state index in [1.165, 1.54) is 0 Å². The van der Waals surface area contributed by atoms with Crippen LogP contribution in [-0.2, 0) is 4.79 Å². The molecule has 0 aliphatic carbocycles. The lowest BCUT2D eigenvalue weighted by atomic mass is 10.1. The van der Waals surface area contributed by atoms with E-state index in [4.69, 9.17) is 17.3 Å². The van der Waals surface area contributed by atoms with Crippen LogP contribution in [0, 0.1) is 0 Å². The number of para-hydroxylation sites is 1. The molecule has 0 heterocycles. The van der Waals surface area contributed by atoms with Crippen molar-refractivity contribution in [2.75, 3.05) is 5.32 Å². The van der Waals surface area contributed by atoms with E-state index in [-0.39, 0.29) is 18.3 Å². The lowest BCUT2D eigenvalue weighted by Crippen LogP contribution is -2.35. The third-order valence-corrected chi connectivity index (χ3v) is 2.40. The predicted molar refractivity (Wildman–Crippen MR) is 70.2 cm³/mol. The third kappa shape index (κ3) is 4.39. The number of rotatable bonds is 4. The second kappa shape index (κ2) is 7.49. The number of hydrogen-bond acceptors (Lipinski definition) is 2. The van der Waals surface area contributed by atoms with Crippen molar-refractivity contribution in [1.29, 1.82) is 0 Å². The second-order valence-electron chi connectivity index (χ2n) is 3.36. The SMILES string of the molecule is CCCC(N)C(=O)Nc1ccccc1Cl.Cl. The van der Waals surface area contributed by atoms with Gasteiger partial charge in [-0.3, -0.25) is 4.79 Å². The molecule has 1 unspecified atom stereocenters. The Kier molecular flexibility index (Phi) is 7.13. The summed E-state index contributed by atoms with van der Waals surface area (Å²) in [6.45, 7) is 1.99. The largest absolute Gasteiger partial charge is 0.323 e. The number of benzene rings is 1. The molecule has 1 aromatic carbocycles. The van der Waals surface area contributed by atoms with Crippen LogP contribution in [0.5, 0.6) is 0 Å². The van der Waals surface area contributed by atoms with Gasteiger partial charge in [0, 0.05) is 0 Å². The number of carbonyl (C=O) groups excluding carboxylic acids is 1. The van der Waals surface area contributed by atoms with Gasteiger partial charge in [-0.15, -0.1) is 12.4 Å². The molecule has 0 spiro atoms. The van der Waals surface area contributed by atoms with E-state index < -0.39 is 6.04 Å². The van der Waals surface area contributed by atoms with Gasteiger partial charge in [-0.05, 0) is 18.6 Å². The van der Waals surface area contributed by atoms with Gasteiger partial charge in [-0.25, -0.2) is 0 Å². The Morgan fingerprint density at radius 2 is 2.12 bits per heavy atom. The lowest BCUT2D eigenvalue weighted by molar-refractivity contribution is -0.117. The van der Waals surface area contributed by atoms with Crippen molar-refractivity contribution in [1.82, 2.24) is 0 Å². The van der Waals surface area contributed by atoms with Crippen LogP contribution in [0.25, 0.3) is 0 Å². The molecule has 1 rings (SSSR count). The second-order valence-corrected chi connectivity index (χ2v) is 3.77. The Balaban J connectivity index is 0.00000225. The Morgan fingerprint density at radius 3 is 2.69 bits per heavy atom. The number of nitrogens with two attached hydrogens (primary N) is 1. The van der Waals surface area contributed by atoms with Crippen LogP contribution < -0.4 is 11.1 Å². The zero-order valence-electron chi connectivity index (χ0n) is 9.07. The summed E-state index contributed by atoms with van der Waals surface area (Å²) < 4.78 is 0. The zero-order chi connectivity index (χ0) is 11.3. The topological polar surface area (TPSA) is 55.1 Å². The van der Waals surface area contributed by atoms with E-state index >= 15 is 0 Å². The smallest absolute Gasteiger partial charge is 0.241 e. The average Bonchev–Trinajstić information content (AvgIpc) is 2.21. The number of halogens is 2. The lowest BCUT2D eigenvalue weighted by Gasteiger charge is -2.11. The molecule has 0 radical (unpaired) electrons. The average molecular weight is 263 g/mol. The van der Waals surface area contributed by atoms with E-state index in [1.54, 1.807) is 12.1 Å². The summed E-state index contributed by atoms with van der Waals surface area (Å²) >= 11 is 5.89. The molecule has 1 aromatic rings. The van der Waals surface area contributed by atoms with Gasteiger partial charge in [0.25, 0.3) is 0 Å². The highest BCUT2D eigenvalue weighted by molar-refractivity contribution is 6.33. The monoisotopic (exact) mass is 262 g/mol. The van der Waals surface area contributed by atoms with Gasteiger partial charge < -0.3 is 11.1 Å². The molecule has 16 heavy (non-hydrogen) atoms. The summed E-state index contributed by atoms with van der Waals surface area (Å²) in [5.41, 5.74) is 6.28. The van der Waals surface area contributed by atoms with Gasteiger partial charge >= 0.3 is 0 Å². The number of hydrogen-bond donors (Lipinski definition) is 2. The van der Waals surface area contributed by atoms with Crippen molar-refractivity contribution >= 4 is 35.6 Å². The summed E-state index contributed by atoms with van der Waals surface area (Å²) in [6, 6.07) is 6.63. The van der Waals surface area contributed by atoms with E-state index in [0.717, 1.165) is 6.42 Å². The van der Waals surface area contributed by atoms with Gasteiger partial charge in [0.2, 0.25) is 5.91 Å². The maximum atomic E-state index is 11.6. The highest BCUT2D eigenvalue weighted by Crippen LogP contribution is 2.20. The highest BCUT2D eigenvalue weighted by Gasteiger charge is 2.13. The summed E-state index contributed by atoms with van der Waals surface area (Å²) in [4.78, 5) is 11.6. The fourth-order valence-corrected chi connectivity index (χ4v) is 1.41. The minimum atomic E-state index is -0.466. The molecular formula is C11H16Cl2N2O. The van der Waals surface area contributed by atoms with Crippen molar-refractivity contribution in [3.63, 3.8) is 0 Å². The first kappa shape index (κ1) is 15.2. The fraction of sp³-hybridized carbons (Fsp3) is 0.364. The molecule has 0 saturated carbocycles. The van der Waals surface area contributed by atoms with Gasteiger partial charge in [0.05, 0.1) is 16.8 Å². The first-order chi connectivity index (χ1) is 7.15. The van der Waals surface area contributed by atoms with Crippen molar-refractivity contribution in [2.45, 2.75) is 25.8 Å². The molecule has 0 aliphatic heterocycles. The first-order valence-electron chi connectivity index (χ1n) is 4.96. The number of anilines is 1. The van der Waals surface area contributed by atoms with Gasteiger partial charge in [-0.1, -0.05) is 37.1 Å². The fourth-order valence-electron chi connectivity index (χ4n) is 1.23. The Bertz CT molecular complexity index is 345. The summed E-state index contributed by atoms with van der Waals surface area (Å²) in [6.07, 6.45) is 1.56. The summed E-state index contributed by atoms with van der Waals surface area (Å²) in [5, 5.41) is 3.22. The maximum absolute atomic E-state index is 11.6. The molecule has 1 atom stereocenters. The third-order valence-electron chi connectivity index (χ3n) is 2.07. The Morgan fingerprint density at radius 1 is 1.50 bits per heavy atom. The van der Waals surface area contributed by atoms with Crippen LogP contribution in [-0.4, -0.2) is 11.9 Å². The molecule has 0 saturated heterocycles. The van der Waals surface area contributed by atoms with Crippen molar-refractivity contribution in [2.24, 2.45) is 5.73 Å². The Hall–Kier alpha value is -0.770. The van der Waals surface area contributed by atoms with E-state index in [2.05, 4.69) is 5.32 Å². The standard InChI is InChI=1S/C11H15ClN2O.ClH/c1-2-5-9(13)11(15)14-10-7-4-3-6-8(10)12;/h3-4,6-7,9H,2,5,13H2,1H3,(H,14,15);1H. The van der Waals surface area contributed by atoms with Gasteiger partial charge in [0.1, 0.15) is 0 Å². The molecule has 0 bridgehead atoms. The molecule has 90 valence electrons. The van der Waals surface area contributed by atoms with Gasteiger partial charge in [0.15, 0.2) is 0 Å². The van der Waals surface area contributed by atoms with Crippen molar-refractivity contribution in [3.8, 4) is 0 Å². The highest BCUT2D eigenvalue weighted by atomic mass is 35.5.